The number of amides is 2. The van der Waals surface area contributed by atoms with Gasteiger partial charge in [0.1, 0.15) is 18.0 Å². The Kier molecular flexibility index (Phi) is 4.33. The molecule has 7 heteroatoms. The molecule has 1 N–H and O–H groups in total. The maximum Gasteiger partial charge on any atom is 0.411 e. The van der Waals surface area contributed by atoms with E-state index in [1.165, 1.54) is 18.0 Å². The summed E-state index contributed by atoms with van der Waals surface area (Å²) in [5, 5.41) is 2.44. The summed E-state index contributed by atoms with van der Waals surface area (Å²) >= 11 is 0. The van der Waals surface area contributed by atoms with Crippen molar-refractivity contribution in [3.05, 3.63) is 53.8 Å². The molecule has 2 aromatic carbocycles. The zero-order valence-corrected chi connectivity index (χ0v) is 12.9. The van der Waals surface area contributed by atoms with Crippen LogP contribution in [0.2, 0.25) is 0 Å². The Labute approximate surface area is 137 Å². The Bertz CT molecular complexity index is 780. The first-order valence-electron chi connectivity index (χ1n) is 7.25. The van der Waals surface area contributed by atoms with E-state index in [9.17, 15) is 14.0 Å². The highest BCUT2D eigenvalue weighted by molar-refractivity contribution is 5.98. The lowest BCUT2D eigenvalue weighted by atomic mass is 10.2. The van der Waals surface area contributed by atoms with Crippen molar-refractivity contribution in [3.63, 3.8) is 0 Å². The van der Waals surface area contributed by atoms with E-state index in [0.29, 0.717) is 0 Å². The van der Waals surface area contributed by atoms with Crippen LogP contribution in [0.1, 0.15) is 5.56 Å². The van der Waals surface area contributed by atoms with Crippen molar-refractivity contribution < 1.29 is 23.5 Å². The summed E-state index contributed by atoms with van der Waals surface area (Å²) in [4.78, 5) is 24.5. The Hall–Kier alpha value is -3.09. The summed E-state index contributed by atoms with van der Waals surface area (Å²) in [7, 11) is 1.47. The van der Waals surface area contributed by atoms with Crippen LogP contribution in [-0.2, 0) is 16.1 Å². The van der Waals surface area contributed by atoms with Gasteiger partial charge in [-0.3, -0.25) is 10.1 Å². The van der Waals surface area contributed by atoms with Gasteiger partial charge in [0.05, 0.1) is 5.69 Å². The van der Waals surface area contributed by atoms with Crippen LogP contribution in [0.15, 0.2) is 42.5 Å². The molecule has 1 aliphatic heterocycles. The molecule has 0 unspecified atom stereocenters. The third-order valence-corrected chi connectivity index (χ3v) is 3.55. The molecule has 6 nitrogen and oxygen atoms in total. The van der Waals surface area contributed by atoms with Crippen molar-refractivity contribution in [2.24, 2.45) is 0 Å². The zero-order chi connectivity index (χ0) is 17.1. The molecule has 124 valence electrons. The average molecular weight is 330 g/mol. The molecule has 1 heterocycles. The second-order valence-corrected chi connectivity index (χ2v) is 5.23. The first kappa shape index (κ1) is 15.8. The molecule has 1 aliphatic rings. The molecule has 0 spiro atoms. The number of likely N-dealkylation sites (N-methyl/N-ethyl adjacent to an activating group) is 1. The number of anilines is 2. The molecule has 24 heavy (non-hydrogen) atoms. The van der Waals surface area contributed by atoms with Gasteiger partial charge in [0.15, 0.2) is 12.4 Å². The molecule has 0 bridgehead atoms. The summed E-state index contributed by atoms with van der Waals surface area (Å²) in [6, 6.07) is 11.8. The number of carbonyl (C=O) groups is 2. The highest BCUT2D eigenvalue weighted by Gasteiger charge is 2.26. The molecule has 2 amide bonds. The topological polar surface area (TPSA) is 67.9 Å². The molecule has 0 radical (unpaired) electrons. The lowest BCUT2D eigenvalue weighted by molar-refractivity contribution is -0.121. The predicted molar refractivity (Wildman–Crippen MR) is 85.6 cm³/mol. The van der Waals surface area contributed by atoms with E-state index >= 15 is 0 Å². The molecular formula is C17H15FN2O4. The summed E-state index contributed by atoms with van der Waals surface area (Å²) in [5.41, 5.74) is 1.08. The molecule has 0 aromatic heterocycles. The van der Waals surface area contributed by atoms with Gasteiger partial charge in [0, 0.05) is 13.1 Å². The van der Waals surface area contributed by atoms with Crippen molar-refractivity contribution in [2.45, 2.75) is 6.61 Å². The second-order valence-electron chi connectivity index (χ2n) is 5.23. The molecule has 0 aliphatic carbocycles. The van der Waals surface area contributed by atoms with Crippen LogP contribution in [0.4, 0.5) is 20.6 Å². The second kappa shape index (κ2) is 6.57. The Morgan fingerprint density at radius 3 is 2.83 bits per heavy atom. The van der Waals surface area contributed by atoms with Crippen LogP contribution >= 0.6 is 0 Å². The first-order chi connectivity index (χ1) is 11.5. The average Bonchev–Trinajstić information content (AvgIpc) is 2.57. The van der Waals surface area contributed by atoms with E-state index in [0.717, 1.165) is 11.6 Å². The Balaban J connectivity index is 1.68. The van der Waals surface area contributed by atoms with Gasteiger partial charge < -0.3 is 14.4 Å². The third-order valence-electron chi connectivity index (χ3n) is 3.55. The summed E-state index contributed by atoms with van der Waals surface area (Å²) in [5.74, 6) is -0.818. The predicted octanol–water partition coefficient (Wildman–Crippen LogP) is 2.93. The Morgan fingerprint density at radius 1 is 1.33 bits per heavy atom. The van der Waals surface area contributed by atoms with Gasteiger partial charge in [-0.1, -0.05) is 30.3 Å². The molecule has 0 saturated heterocycles. The number of nitrogens with one attached hydrogen (secondary N) is 1. The first-order valence-corrected chi connectivity index (χ1v) is 7.25. The number of hydrogen-bond acceptors (Lipinski definition) is 4. The van der Waals surface area contributed by atoms with Gasteiger partial charge in [0.25, 0.3) is 5.91 Å². The fraction of sp³-hybridized carbons (Fsp3) is 0.176. The molecular weight excluding hydrogens is 315 g/mol. The van der Waals surface area contributed by atoms with E-state index in [2.05, 4.69) is 5.32 Å². The van der Waals surface area contributed by atoms with Crippen molar-refractivity contribution in [2.75, 3.05) is 23.9 Å². The van der Waals surface area contributed by atoms with Crippen LogP contribution in [0.25, 0.3) is 0 Å². The maximum atomic E-state index is 14.2. The monoisotopic (exact) mass is 330 g/mol. The fourth-order valence-corrected chi connectivity index (χ4v) is 2.32. The highest BCUT2D eigenvalue weighted by Crippen LogP contribution is 2.36. The van der Waals surface area contributed by atoms with Crippen LogP contribution in [-0.4, -0.2) is 25.7 Å². The number of hydrogen-bond donors (Lipinski definition) is 1. The maximum absolute atomic E-state index is 14.2. The lowest BCUT2D eigenvalue weighted by Crippen LogP contribution is -2.36. The van der Waals surface area contributed by atoms with E-state index in [1.54, 1.807) is 0 Å². The minimum absolute atomic E-state index is 0.0504. The minimum atomic E-state index is -0.710. The summed E-state index contributed by atoms with van der Waals surface area (Å²) in [6.45, 7) is -0.0708. The normalized spacial score (nSPS) is 13.1. The summed E-state index contributed by atoms with van der Waals surface area (Å²) in [6.07, 6.45) is -0.710. The van der Waals surface area contributed by atoms with E-state index in [-0.39, 0.29) is 36.2 Å². The largest absolute Gasteiger partial charge is 0.481 e. The van der Waals surface area contributed by atoms with Gasteiger partial charge in [-0.15, -0.1) is 0 Å². The fourth-order valence-electron chi connectivity index (χ4n) is 2.32. The van der Waals surface area contributed by atoms with Crippen molar-refractivity contribution in [3.8, 4) is 5.75 Å². The van der Waals surface area contributed by atoms with Crippen LogP contribution < -0.4 is 15.0 Å². The number of ether oxygens (including phenoxy) is 2. The number of nitrogens with zero attached hydrogens (tertiary/aromatic N) is 1. The molecule has 3 rings (SSSR count). The van der Waals surface area contributed by atoms with Crippen molar-refractivity contribution in [1.82, 2.24) is 0 Å². The van der Waals surface area contributed by atoms with Gasteiger partial charge in [-0.05, 0) is 11.6 Å². The quantitative estimate of drug-likeness (QED) is 0.939. The lowest BCUT2D eigenvalue weighted by Gasteiger charge is -2.26. The standard InChI is InChI=1S/C17H15FN2O4/c1-20-15(21)10-23-14-8-12(7-13(18)16(14)20)19-17(22)24-9-11-5-3-2-4-6-11/h2-8H,9-10H2,1H3,(H,19,22). The van der Waals surface area contributed by atoms with Gasteiger partial charge in [-0.25, -0.2) is 9.18 Å². The molecule has 2 aromatic rings. The SMILES string of the molecule is CN1C(=O)COc2cc(NC(=O)OCc3ccccc3)cc(F)c21. The third kappa shape index (κ3) is 3.29. The molecule has 0 fully saturated rings. The smallest absolute Gasteiger partial charge is 0.411 e. The number of benzene rings is 2. The van der Waals surface area contributed by atoms with Gasteiger partial charge in [0.2, 0.25) is 0 Å². The number of carbonyl (C=O) groups excluding carboxylic acids is 2. The molecule has 0 atom stereocenters. The number of rotatable bonds is 3. The number of fused-ring (bicyclic) bond motifs is 1. The van der Waals surface area contributed by atoms with E-state index < -0.39 is 11.9 Å². The van der Waals surface area contributed by atoms with Crippen LogP contribution in [0.5, 0.6) is 5.75 Å². The van der Waals surface area contributed by atoms with Gasteiger partial charge in [-0.2, -0.15) is 0 Å². The summed E-state index contributed by atoms with van der Waals surface area (Å²) < 4.78 is 24.5. The minimum Gasteiger partial charge on any atom is -0.481 e. The van der Waals surface area contributed by atoms with Crippen LogP contribution in [0, 0.1) is 5.82 Å². The van der Waals surface area contributed by atoms with Crippen molar-refractivity contribution >= 4 is 23.4 Å². The van der Waals surface area contributed by atoms with E-state index in [1.807, 2.05) is 30.3 Å². The number of halogens is 1. The van der Waals surface area contributed by atoms with Gasteiger partial charge >= 0.3 is 6.09 Å². The highest BCUT2D eigenvalue weighted by atomic mass is 19.1. The van der Waals surface area contributed by atoms with E-state index in [4.69, 9.17) is 9.47 Å². The van der Waals surface area contributed by atoms with Crippen molar-refractivity contribution in [1.29, 1.82) is 0 Å². The Morgan fingerprint density at radius 2 is 2.08 bits per heavy atom. The molecule has 0 saturated carbocycles. The van der Waals surface area contributed by atoms with Crippen LogP contribution in [0.3, 0.4) is 0 Å². The zero-order valence-electron chi connectivity index (χ0n) is 12.9.